The number of ether oxygens (including phenoxy) is 1. The Morgan fingerprint density at radius 2 is 2.03 bits per heavy atom. The number of carboxylic acids is 1. The highest BCUT2D eigenvalue weighted by atomic mass is 19.4. The minimum Gasteiger partial charge on any atom is -0.480 e. The van der Waals surface area contributed by atoms with E-state index in [1.165, 1.54) is 25.4 Å². The summed E-state index contributed by atoms with van der Waals surface area (Å²) in [6.45, 7) is -0.421. The number of rotatable bonds is 4. The quantitative estimate of drug-likeness (QED) is 0.647. The first kappa shape index (κ1) is 20.4. The van der Waals surface area contributed by atoms with E-state index in [2.05, 4.69) is 15.4 Å². The normalized spacial score (nSPS) is 15.7. The Hall–Kier alpha value is -3.83. The van der Waals surface area contributed by atoms with Crippen molar-refractivity contribution < 1.29 is 27.8 Å². The van der Waals surface area contributed by atoms with Crippen molar-refractivity contribution in [2.75, 3.05) is 11.9 Å². The molecular formula is C19H16F3N5O4. The third-order valence-corrected chi connectivity index (χ3v) is 4.74. The van der Waals surface area contributed by atoms with Crippen LogP contribution < -0.4 is 15.6 Å². The minimum atomic E-state index is -4.58. The maximum absolute atomic E-state index is 13.2. The molecule has 0 bridgehead atoms. The van der Waals surface area contributed by atoms with Crippen molar-refractivity contribution in [1.82, 2.24) is 19.3 Å². The second-order valence-electron chi connectivity index (χ2n) is 6.94. The summed E-state index contributed by atoms with van der Waals surface area (Å²) < 4.78 is 47.3. The molecule has 9 nitrogen and oxygen atoms in total. The Labute approximate surface area is 172 Å². The number of hydrogen-bond donors (Lipinski definition) is 2. The average molecular weight is 435 g/mol. The van der Waals surface area contributed by atoms with Crippen molar-refractivity contribution in [3.8, 4) is 17.0 Å². The van der Waals surface area contributed by atoms with Crippen LogP contribution in [0.4, 0.5) is 18.9 Å². The van der Waals surface area contributed by atoms with Gasteiger partial charge in [0.1, 0.15) is 19.5 Å². The third-order valence-electron chi connectivity index (χ3n) is 4.74. The molecule has 0 fully saturated rings. The van der Waals surface area contributed by atoms with Crippen molar-refractivity contribution in [2.45, 2.75) is 18.8 Å². The molecule has 31 heavy (non-hydrogen) atoms. The smallest absolute Gasteiger partial charge is 0.435 e. The van der Waals surface area contributed by atoms with E-state index in [1.807, 2.05) is 0 Å². The third kappa shape index (κ3) is 3.96. The molecule has 1 atom stereocenters. The molecule has 3 heterocycles. The lowest BCUT2D eigenvalue weighted by molar-refractivity contribution is -0.141. The standard InChI is InChI=1S/C19H16F3N5O4/c1-26-6-12(16(25-26)19(20,21)22)10-2-4-11(5-3-10)13-8-31-17-15(24-13)18(30)27(9-23-17)7-14(28)29/h2-6,9,13,24H,7-8H2,1H3,(H,28,29)/t13-/m0/s1. The summed E-state index contributed by atoms with van der Waals surface area (Å²) in [5, 5.41) is 15.4. The van der Waals surface area contributed by atoms with Gasteiger partial charge in [-0.3, -0.25) is 18.8 Å². The molecule has 3 aromatic rings. The highest BCUT2D eigenvalue weighted by molar-refractivity contribution is 5.67. The van der Waals surface area contributed by atoms with E-state index >= 15 is 0 Å². The maximum Gasteiger partial charge on any atom is 0.435 e. The van der Waals surface area contributed by atoms with E-state index in [0.29, 0.717) is 11.1 Å². The van der Waals surface area contributed by atoms with Crippen molar-refractivity contribution >= 4 is 11.7 Å². The zero-order valence-electron chi connectivity index (χ0n) is 16.1. The van der Waals surface area contributed by atoms with Crippen LogP contribution in [0.2, 0.25) is 0 Å². The number of aromatic nitrogens is 4. The molecule has 162 valence electrons. The Balaban J connectivity index is 1.61. The number of alkyl halides is 3. The number of carboxylic acid groups (broad SMARTS) is 1. The van der Waals surface area contributed by atoms with Gasteiger partial charge in [-0.05, 0) is 11.1 Å². The maximum atomic E-state index is 13.2. The highest BCUT2D eigenvalue weighted by Crippen LogP contribution is 2.36. The summed E-state index contributed by atoms with van der Waals surface area (Å²) in [6.07, 6.45) is -2.19. The zero-order chi connectivity index (χ0) is 22.3. The summed E-state index contributed by atoms with van der Waals surface area (Å²) in [7, 11) is 1.42. The number of nitrogens with zero attached hydrogens (tertiary/aromatic N) is 4. The molecular weight excluding hydrogens is 419 g/mol. The van der Waals surface area contributed by atoms with Crippen LogP contribution >= 0.6 is 0 Å². The van der Waals surface area contributed by atoms with Crippen molar-refractivity contribution in [3.05, 3.63) is 58.4 Å². The van der Waals surface area contributed by atoms with E-state index in [0.717, 1.165) is 15.6 Å². The molecule has 0 radical (unpaired) electrons. The first-order valence-electron chi connectivity index (χ1n) is 9.05. The van der Waals surface area contributed by atoms with Gasteiger partial charge in [-0.1, -0.05) is 24.3 Å². The lowest BCUT2D eigenvalue weighted by Crippen LogP contribution is -2.33. The fourth-order valence-corrected chi connectivity index (χ4v) is 3.33. The van der Waals surface area contributed by atoms with Crippen LogP contribution in [0, 0.1) is 0 Å². The Morgan fingerprint density at radius 1 is 1.32 bits per heavy atom. The Bertz CT molecular complexity index is 1200. The number of aryl methyl sites for hydroxylation is 1. The van der Waals surface area contributed by atoms with Gasteiger partial charge in [-0.2, -0.15) is 18.3 Å². The van der Waals surface area contributed by atoms with Crippen LogP contribution in [0.1, 0.15) is 17.3 Å². The summed E-state index contributed by atoms with van der Waals surface area (Å²) in [4.78, 5) is 27.3. The van der Waals surface area contributed by atoms with Crippen molar-refractivity contribution in [2.24, 2.45) is 7.05 Å². The lowest BCUT2D eigenvalue weighted by Gasteiger charge is -2.26. The predicted octanol–water partition coefficient (Wildman–Crippen LogP) is 2.29. The van der Waals surface area contributed by atoms with E-state index in [1.54, 1.807) is 12.1 Å². The van der Waals surface area contributed by atoms with Gasteiger partial charge in [0.05, 0.1) is 6.04 Å². The van der Waals surface area contributed by atoms with Crippen LogP contribution in [0.5, 0.6) is 5.88 Å². The second-order valence-corrected chi connectivity index (χ2v) is 6.94. The number of anilines is 1. The first-order chi connectivity index (χ1) is 14.6. The van der Waals surface area contributed by atoms with E-state index in [4.69, 9.17) is 9.84 Å². The van der Waals surface area contributed by atoms with Gasteiger partial charge in [-0.15, -0.1) is 0 Å². The van der Waals surface area contributed by atoms with E-state index in [-0.39, 0.29) is 23.7 Å². The molecule has 0 saturated carbocycles. The minimum absolute atomic E-state index is 0.0238. The van der Waals surface area contributed by atoms with Crippen LogP contribution in [0.25, 0.3) is 11.1 Å². The number of fused-ring (bicyclic) bond motifs is 1. The number of halogens is 3. The van der Waals surface area contributed by atoms with Crippen molar-refractivity contribution in [1.29, 1.82) is 0 Å². The Kier molecular flexibility index (Phi) is 4.91. The van der Waals surface area contributed by atoms with Gasteiger partial charge in [0, 0.05) is 18.8 Å². The summed E-state index contributed by atoms with van der Waals surface area (Å²) >= 11 is 0. The van der Waals surface area contributed by atoms with Crippen LogP contribution in [0.15, 0.2) is 41.6 Å². The topological polar surface area (TPSA) is 111 Å². The molecule has 12 heteroatoms. The van der Waals surface area contributed by atoms with Gasteiger partial charge in [-0.25, -0.2) is 4.98 Å². The molecule has 0 aliphatic carbocycles. The van der Waals surface area contributed by atoms with Crippen molar-refractivity contribution in [3.63, 3.8) is 0 Å². The average Bonchev–Trinajstić information content (AvgIpc) is 3.12. The largest absolute Gasteiger partial charge is 0.480 e. The number of benzene rings is 1. The van der Waals surface area contributed by atoms with Gasteiger partial charge in [0.15, 0.2) is 11.4 Å². The van der Waals surface area contributed by atoms with Crippen LogP contribution in [0.3, 0.4) is 0 Å². The van der Waals surface area contributed by atoms with Gasteiger partial charge >= 0.3 is 12.1 Å². The summed E-state index contributed by atoms with van der Waals surface area (Å²) in [6, 6.07) is 5.84. The molecule has 4 rings (SSSR count). The molecule has 0 amide bonds. The Morgan fingerprint density at radius 3 is 2.68 bits per heavy atom. The number of aliphatic carboxylic acids is 1. The SMILES string of the molecule is Cn1cc(-c2ccc([C@@H]3COc4ncn(CC(=O)O)c(=O)c4N3)cc2)c(C(F)(F)F)n1. The number of hydrogen-bond acceptors (Lipinski definition) is 6. The fraction of sp³-hybridized carbons (Fsp3) is 0.263. The zero-order valence-corrected chi connectivity index (χ0v) is 16.1. The first-order valence-corrected chi connectivity index (χ1v) is 9.05. The van der Waals surface area contributed by atoms with Gasteiger partial charge < -0.3 is 15.2 Å². The van der Waals surface area contributed by atoms with E-state index in [9.17, 15) is 22.8 Å². The van der Waals surface area contributed by atoms with E-state index < -0.39 is 36.0 Å². The molecule has 1 aliphatic rings. The fourth-order valence-electron chi connectivity index (χ4n) is 3.33. The molecule has 1 aromatic carbocycles. The molecule has 0 spiro atoms. The number of carbonyl (C=O) groups is 1. The van der Waals surface area contributed by atoms with Crippen LogP contribution in [-0.4, -0.2) is 37.0 Å². The second kappa shape index (κ2) is 7.45. The predicted molar refractivity (Wildman–Crippen MR) is 102 cm³/mol. The monoisotopic (exact) mass is 435 g/mol. The lowest BCUT2D eigenvalue weighted by atomic mass is 10.0. The van der Waals surface area contributed by atoms with Crippen LogP contribution in [-0.2, 0) is 24.6 Å². The molecule has 0 unspecified atom stereocenters. The summed E-state index contributed by atoms with van der Waals surface area (Å²) in [5.41, 5.74) is -0.581. The highest BCUT2D eigenvalue weighted by Gasteiger charge is 2.37. The molecule has 1 aliphatic heterocycles. The molecule has 2 N–H and O–H groups in total. The molecule has 2 aromatic heterocycles. The number of nitrogens with one attached hydrogen (secondary N) is 1. The van der Waals surface area contributed by atoms with Gasteiger partial charge in [0.25, 0.3) is 5.56 Å². The summed E-state index contributed by atoms with van der Waals surface area (Å²) in [5.74, 6) is -1.13. The van der Waals surface area contributed by atoms with Gasteiger partial charge in [0.2, 0.25) is 5.88 Å². The molecule has 0 saturated heterocycles.